The Morgan fingerprint density at radius 2 is 0.843 bits per heavy atom. The molecule has 4 aromatic heterocycles. The van der Waals surface area contributed by atoms with Gasteiger partial charge < -0.3 is 9.13 Å². The second-order valence-corrected chi connectivity index (χ2v) is 12.6. The maximum Gasteiger partial charge on any atom is 0.140 e. The molecule has 0 N–H and O–H groups in total. The molecule has 4 heterocycles. The minimum Gasteiger partial charge on any atom is -0.309 e. The molecular formula is C47H30N4. The van der Waals surface area contributed by atoms with Gasteiger partial charge in [-0.25, -0.2) is 4.98 Å². The zero-order valence-electron chi connectivity index (χ0n) is 35.0. The van der Waals surface area contributed by atoms with Crippen LogP contribution in [0.3, 0.4) is 0 Å². The quantitative estimate of drug-likeness (QED) is 0.185. The van der Waals surface area contributed by atoms with Crippen LogP contribution in [0.25, 0.3) is 93.9 Å². The van der Waals surface area contributed by atoms with Crippen LogP contribution in [0.2, 0.25) is 0 Å². The SMILES string of the molecule is [2H]c1c([2H])c([2H])c2c(c1[2H])c1c([2H])c([2H])c([2H])c([2H])c1n2-c1cc(-c2ccccc2-n2c3ccccc3c3ccccc32)nc(-n2c3ccccc3c3ccccc32)c1. The summed E-state index contributed by atoms with van der Waals surface area (Å²) in [5, 5.41) is 4.25. The van der Waals surface area contributed by atoms with Gasteiger partial charge in [0.05, 0.1) is 61.1 Å². The van der Waals surface area contributed by atoms with E-state index < -0.39 is 24.2 Å². The molecular weight excluding hydrogens is 621 g/mol. The van der Waals surface area contributed by atoms with Crippen LogP contribution in [-0.4, -0.2) is 18.7 Å². The van der Waals surface area contributed by atoms with Gasteiger partial charge in [0.25, 0.3) is 0 Å². The van der Waals surface area contributed by atoms with E-state index in [1.165, 1.54) is 0 Å². The Morgan fingerprint density at radius 3 is 1.39 bits per heavy atom. The van der Waals surface area contributed by atoms with Gasteiger partial charge >= 0.3 is 0 Å². The summed E-state index contributed by atoms with van der Waals surface area (Å²) in [6.07, 6.45) is 0. The second-order valence-electron chi connectivity index (χ2n) is 12.6. The van der Waals surface area contributed by atoms with E-state index in [4.69, 9.17) is 13.2 Å². The number of fused-ring (bicyclic) bond motifs is 9. The number of rotatable bonds is 4. The number of nitrogens with zero attached hydrogens (tertiary/aromatic N) is 4. The standard InChI is InChI=1S/C47H30N4/c1-8-22-40-32(15-1)33-16-2-9-23-41(33)49(40)31-29-39(48-47(30-31)51-44-26-12-5-19-36(44)37-20-6-13-27-45(37)51)38-21-7-14-28-46(38)50-42-24-10-3-17-34(42)35-18-4-11-25-43(35)50/h1-30H/i1D,2D,8D,9D,15D,16D,22D,23D. The molecule has 238 valence electrons. The first-order valence-electron chi connectivity index (χ1n) is 20.8. The molecule has 11 rings (SSSR count). The van der Waals surface area contributed by atoms with Gasteiger partial charge in [-0.15, -0.1) is 0 Å². The fraction of sp³-hybridized carbons (Fsp3) is 0. The molecule has 11 aromatic rings. The van der Waals surface area contributed by atoms with Crippen molar-refractivity contribution in [1.82, 2.24) is 18.7 Å². The average molecular weight is 659 g/mol. The molecule has 0 saturated heterocycles. The van der Waals surface area contributed by atoms with Crippen molar-refractivity contribution in [2.75, 3.05) is 0 Å². The highest BCUT2D eigenvalue weighted by atomic mass is 15.1. The lowest BCUT2D eigenvalue weighted by molar-refractivity contribution is 1.06. The van der Waals surface area contributed by atoms with Crippen molar-refractivity contribution in [1.29, 1.82) is 0 Å². The van der Waals surface area contributed by atoms with Gasteiger partial charge in [0, 0.05) is 43.9 Å². The summed E-state index contributed by atoms with van der Waals surface area (Å²) < 4.78 is 77.2. The van der Waals surface area contributed by atoms with Crippen molar-refractivity contribution in [3.05, 3.63) is 182 Å². The summed E-state index contributed by atoms with van der Waals surface area (Å²) >= 11 is 0. The molecule has 0 aliphatic heterocycles. The lowest BCUT2D eigenvalue weighted by atomic mass is 10.1. The first-order valence-corrected chi connectivity index (χ1v) is 16.8. The van der Waals surface area contributed by atoms with Crippen LogP contribution in [-0.2, 0) is 0 Å². The molecule has 0 bridgehead atoms. The molecule has 7 aromatic carbocycles. The number of benzene rings is 7. The van der Waals surface area contributed by atoms with Crippen molar-refractivity contribution in [2.24, 2.45) is 0 Å². The molecule has 0 amide bonds. The van der Waals surface area contributed by atoms with Gasteiger partial charge in [-0.1, -0.05) is 127 Å². The topological polar surface area (TPSA) is 27.7 Å². The highest BCUT2D eigenvalue weighted by molar-refractivity contribution is 6.11. The Labute approximate surface area is 304 Å². The van der Waals surface area contributed by atoms with Crippen LogP contribution < -0.4 is 0 Å². The van der Waals surface area contributed by atoms with Crippen LogP contribution in [0, 0.1) is 0 Å². The summed E-state index contributed by atoms with van der Waals surface area (Å²) in [5.41, 5.74) is 6.45. The van der Waals surface area contributed by atoms with Gasteiger partial charge in [-0.3, -0.25) is 4.57 Å². The van der Waals surface area contributed by atoms with E-state index >= 15 is 0 Å². The third-order valence-corrected chi connectivity index (χ3v) is 9.90. The molecule has 0 atom stereocenters. The van der Waals surface area contributed by atoms with E-state index in [1.54, 1.807) is 4.57 Å². The zero-order chi connectivity index (χ0) is 40.4. The fourth-order valence-electron chi connectivity index (χ4n) is 7.80. The fourth-order valence-corrected chi connectivity index (χ4v) is 7.80. The summed E-state index contributed by atoms with van der Waals surface area (Å²) in [7, 11) is 0. The van der Waals surface area contributed by atoms with Gasteiger partial charge in [0.1, 0.15) is 5.82 Å². The van der Waals surface area contributed by atoms with Crippen molar-refractivity contribution in [2.45, 2.75) is 0 Å². The molecule has 0 unspecified atom stereocenters. The molecule has 0 aliphatic carbocycles. The highest BCUT2D eigenvalue weighted by Crippen LogP contribution is 2.39. The maximum atomic E-state index is 9.25. The van der Waals surface area contributed by atoms with E-state index in [-0.39, 0.29) is 46.0 Å². The molecule has 4 heteroatoms. The summed E-state index contributed by atoms with van der Waals surface area (Å²) in [4.78, 5) is 5.42. The first-order chi connectivity index (χ1) is 28.7. The monoisotopic (exact) mass is 658 g/mol. The Hall–Kier alpha value is -6.91. The predicted molar refractivity (Wildman–Crippen MR) is 213 cm³/mol. The van der Waals surface area contributed by atoms with Crippen molar-refractivity contribution < 1.29 is 11.0 Å². The molecule has 0 fully saturated rings. The van der Waals surface area contributed by atoms with E-state index in [1.807, 2.05) is 91.0 Å². The molecule has 4 nitrogen and oxygen atoms in total. The number of pyridine rings is 1. The minimum atomic E-state index is -0.490. The van der Waals surface area contributed by atoms with Crippen LogP contribution >= 0.6 is 0 Å². The van der Waals surface area contributed by atoms with Crippen LogP contribution in [0.1, 0.15) is 11.0 Å². The molecule has 0 aliphatic rings. The molecule has 0 saturated carbocycles. The number of hydrogen-bond acceptors (Lipinski definition) is 1. The zero-order valence-corrected chi connectivity index (χ0v) is 27.0. The van der Waals surface area contributed by atoms with Crippen molar-refractivity contribution >= 4 is 65.4 Å². The van der Waals surface area contributed by atoms with Crippen LogP contribution in [0.5, 0.6) is 0 Å². The number of para-hydroxylation sites is 7. The van der Waals surface area contributed by atoms with Gasteiger partial charge in [-0.05, 0) is 48.5 Å². The van der Waals surface area contributed by atoms with Gasteiger partial charge in [-0.2, -0.15) is 0 Å². The van der Waals surface area contributed by atoms with E-state index in [0.29, 0.717) is 17.2 Å². The van der Waals surface area contributed by atoms with Gasteiger partial charge in [0.15, 0.2) is 0 Å². The Kier molecular flexibility index (Phi) is 4.49. The van der Waals surface area contributed by atoms with E-state index in [9.17, 15) is 2.74 Å². The maximum absolute atomic E-state index is 9.25. The van der Waals surface area contributed by atoms with E-state index in [0.717, 1.165) is 54.9 Å². The van der Waals surface area contributed by atoms with Crippen LogP contribution in [0.4, 0.5) is 0 Å². The Morgan fingerprint density at radius 1 is 0.392 bits per heavy atom. The van der Waals surface area contributed by atoms with Crippen LogP contribution in [0.15, 0.2) is 182 Å². The second kappa shape index (κ2) is 10.8. The Bertz CT molecular complexity index is 3440. The van der Waals surface area contributed by atoms with Gasteiger partial charge in [0.2, 0.25) is 0 Å². The normalized spacial score (nSPS) is 14.1. The highest BCUT2D eigenvalue weighted by Gasteiger charge is 2.20. The minimum absolute atomic E-state index is 0.0143. The first kappa shape index (κ1) is 21.2. The average Bonchev–Trinajstić information content (AvgIpc) is 3.93. The smallest absolute Gasteiger partial charge is 0.140 e. The lowest BCUT2D eigenvalue weighted by Gasteiger charge is -2.17. The summed E-state index contributed by atoms with van der Waals surface area (Å²) in [6.45, 7) is 0. The largest absolute Gasteiger partial charge is 0.309 e. The number of hydrogen-bond donors (Lipinski definition) is 0. The van der Waals surface area contributed by atoms with Crippen molar-refractivity contribution in [3.8, 4) is 28.5 Å². The predicted octanol–water partition coefficient (Wildman–Crippen LogP) is 12.0. The third kappa shape index (κ3) is 4.05. The summed E-state index contributed by atoms with van der Waals surface area (Å²) in [5.74, 6) is 0.503. The van der Waals surface area contributed by atoms with Crippen molar-refractivity contribution in [3.63, 3.8) is 0 Å². The molecule has 0 spiro atoms. The van der Waals surface area contributed by atoms with E-state index in [2.05, 4.69) is 51.6 Å². The summed E-state index contributed by atoms with van der Waals surface area (Å²) in [6, 6.07) is 40.9. The lowest BCUT2D eigenvalue weighted by Crippen LogP contribution is -2.04. The Balaban J connectivity index is 1.33. The molecule has 0 radical (unpaired) electrons. The third-order valence-electron chi connectivity index (χ3n) is 9.90. The molecule has 51 heavy (non-hydrogen) atoms. The number of aromatic nitrogens is 4.